The van der Waals surface area contributed by atoms with Gasteiger partial charge in [-0.05, 0) is 35.9 Å². The molecule has 0 saturated heterocycles. The highest BCUT2D eigenvalue weighted by molar-refractivity contribution is 9.10. The van der Waals surface area contributed by atoms with Crippen molar-refractivity contribution in [2.45, 2.75) is 0 Å². The molecule has 19 heavy (non-hydrogen) atoms. The van der Waals surface area contributed by atoms with E-state index in [9.17, 15) is 4.79 Å². The van der Waals surface area contributed by atoms with Crippen molar-refractivity contribution in [1.29, 1.82) is 0 Å². The average molecular weight is 317 g/mol. The minimum Gasteiger partial charge on any atom is -0.497 e. The molecule has 0 fully saturated rings. The highest BCUT2D eigenvalue weighted by Gasteiger charge is 2.01. The first-order chi connectivity index (χ1) is 9.19. The number of carbonyl (C=O) groups is 1. The third-order valence-corrected chi connectivity index (χ3v) is 3.15. The summed E-state index contributed by atoms with van der Waals surface area (Å²) in [7, 11) is 1.63. The zero-order chi connectivity index (χ0) is 13.7. The summed E-state index contributed by atoms with van der Waals surface area (Å²) in [6.07, 6.45) is 3.37. The van der Waals surface area contributed by atoms with Gasteiger partial charge in [0.1, 0.15) is 5.75 Å². The zero-order valence-electron chi connectivity index (χ0n) is 10.5. The quantitative estimate of drug-likeness (QED) is 0.619. The van der Waals surface area contributed by atoms with Crippen LogP contribution in [0.4, 0.5) is 0 Å². The molecule has 2 rings (SSSR count). The summed E-state index contributed by atoms with van der Waals surface area (Å²) < 4.78 is 5.98. The molecule has 96 valence electrons. The van der Waals surface area contributed by atoms with Crippen molar-refractivity contribution in [3.8, 4) is 5.75 Å². The Balaban J connectivity index is 2.11. The van der Waals surface area contributed by atoms with Crippen LogP contribution in [0.3, 0.4) is 0 Å². The van der Waals surface area contributed by atoms with Crippen molar-refractivity contribution in [3.63, 3.8) is 0 Å². The second-order valence-electron chi connectivity index (χ2n) is 3.98. The van der Waals surface area contributed by atoms with Crippen LogP contribution in [0.25, 0.3) is 6.08 Å². The Morgan fingerprint density at radius 2 is 1.89 bits per heavy atom. The van der Waals surface area contributed by atoms with Gasteiger partial charge in [-0.2, -0.15) is 0 Å². The summed E-state index contributed by atoms with van der Waals surface area (Å²) in [6.45, 7) is 0. The molecule has 0 aliphatic rings. The molecule has 2 aromatic rings. The predicted octanol–water partition coefficient (Wildman–Crippen LogP) is 4.35. The lowest BCUT2D eigenvalue weighted by atomic mass is 10.1. The van der Waals surface area contributed by atoms with Crippen molar-refractivity contribution < 1.29 is 9.53 Å². The van der Waals surface area contributed by atoms with Crippen molar-refractivity contribution in [2.75, 3.05) is 7.11 Å². The second-order valence-corrected chi connectivity index (χ2v) is 4.90. The van der Waals surface area contributed by atoms with Crippen molar-refractivity contribution >= 4 is 27.8 Å². The number of methoxy groups -OCH3 is 1. The monoisotopic (exact) mass is 316 g/mol. The maximum atomic E-state index is 12.0. The van der Waals surface area contributed by atoms with Crippen LogP contribution in [0, 0.1) is 0 Å². The third-order valence-electron chi connectivity index (χ3n) is 2.65. The molecule has 0 aliphatic carbocycles. The largest absolute Gasteiger partial charge is 0.497 e. The molecule has 0 aliphatic heterocycles. The molecule has 3 heteroatoms. The molecular weight excluding hydrogens is 304 g/mol. The summed E-state index contributed by atoms with van der Waals surface area (Å²) in [5, 5.41) is 0. The first-order valence-corrected chi connectivity index (χ1v) is 6.60. The Bertz CT molecular complexity index is 600. The van der Waals surface area contributed by atoms with E-state index in [0.29, 0.717) is 5.56 Å². The Kier molecular flexibility index (Phi) is 4.53. The standard InChI is InChI=1S/C16H13BrO2/c1-19-15-8-5-12(6-9-15)7-10-16(18)13-3-2-4-14(17)11-13/h2-11H,1H3/b10-7+. The van der Waals surface area contributed by atoms with Crippen molar-refractivity contribution in [1.82, 2.24) is 0 Å². The molecule has 0 atom stereocenters. The molecule has 0 spiro atoms. The minimum absolute atomic E-state index is 0.0166. The van der Waals surface area contributed by atoms with Crippen LogP contribution < -0.4 is 4.74 Å². The molecule has 0 N–H and O–H groups in total. The van der Waals surface area contributed by atoms with Gasteiger partial charge in [-0.1, -0.05) is 46.3 Å². The normalized spacial score (nSPS) is 10.6. The van der Waals surface area contributed by atoms with Gasteiger partial charge in [0.05, 0.1) is 7.11 Å². The fourth-order valence-electron chi connectivity index (χ4n) is 1.62. The highest BCUT2D eigenvalue weighted by Crippen LogP contribution is 2.15. The van der Waals surface area contributed by atoms with E-state index in [1.165, 1.54) is 0 Å². The molecule has 0 amide bonds. The summed E-state index contributed by atoms with van der Waals surface area (Å²) >= 11 is 3.35. The lowest BCUT2D eigenvalue weighted by molar-refractivity contribution is 0.104. The highest BCUT2D eigenvalue weighted by atomic mass is 79.9. The van der Waals surface area contributed by atoms with E-state index in [2.05, 4.69) is 15.9 Å². The van der Waals surface area contributed by atoms with Crippen LogP contribution in [0.15, 0.2) is 59.1 Å². The zero-order valence-corrected chi connectivity index (χ0v) is 12.1. The molecule has 0 bridgehead atoms. The van der Waals surface area contributed by atoms with Gasteiger partial charge in [-0.15, -0.1) is 0 Å². The first-order valence-electron chi connectivity index (χ1n) is 5.81. The van der Waals surface area contributed by atoms with Crippen LogP contribution in [0.1, 0.15) is 15.9 Å². The maximum absolute atomic E-state index is 12.0. The number of ether oxygens (including phenoxy) is 1. The van der Waals surface area contributed by atoms with Crippen LogP contribution in [0.2, 0.25) is 0 Å². The van der Waals surface area contributed by atoms with Gasteiger partial charge >= 0.3 is 0 Å². The molecule has 2 aromatic carbocycles. The lowest BCUT2D eigenvalue weighted by Gasteiger charge is -1.99. The fourth-order valence-corrected chi connectivity index (χ4v) is 2.02. The van der Waals surface area contributed by atoms with E-state index >= 15 is 0 Å². The number of benzene rings is 2. The molecule has 0 saturated carbocycles. The molecule has 2 nitrogen and oxygen atoms in total. The van der Waals surface area contributed by atoms with E-state index in [4.69, 9.17) is 4.74 Å². The van der Waals surface area contributed by atoms with Crippen LogP contribution in [-0.4, -0.2) is 12.9 Å². The molecule has 0 unspecified atom stereocenters. The maximum Gasteiger partial charge on any atom is 0.185 e. The number of hydrogen-bond acceptors (Lipinski definition) is 2. The number of halogens is 1. The third kappa shape index (κ3) is 3.80. The van der Waals surface area contributed by atoms with E-state index in [0.717, 1.165) is 15.8 Å². The molecular formula is C16H13BrO2. The Hall–Kier alpha value is -1.87. The van der Waals surface area contributed by atoms with E-state index in [-0.39, 0.29) is 5.78 Å². The van der Waals surface area contributed by atoms with Crippen molar-refractivity contribution in [2.24, 2.45) is 0 Å². The van der Waals surface area contributed by atoms with Gasteiger partial charge in [-0.3, -0.25) is 4.79 Å². The minimum atomic E-state index is -0.0166. The number of hydrogen-bond donors (Lipinski definition) is 0. The summed E-state index contributed by atoms with van der Waals surface area (Å²) in [6, 6.07) is 14.9. The van der Waals surface area contributed by atoms with Crippen LogP contribution in [0.5, 0.6) is 5.75 Å². The van der Waals surface area contributed by atoms with Gasteiger partial charge in [0.25, 0.3) is 0 Å². The summed E-state index contributed by atoms with van der Waals surface area (Å²) in [4.78, 5) is 12.0. The van der Waals surface area contributed by atoms with Gasteiger partial charge in [0.2, 0.25) is 0 Å². The Labute approximate surface area is 120 Å². The van der Waals surface area contributed by atoms with Crippen LogP contribution in [-0.2, 0) is 0 Å². The molecule has 0 heterocycles. The van der Waals surface area contributed by atoms with Gasteiger partial charge in [-0.25, -0.2) is 0 Å². The Morgan fingerprint density at radius 3 is 2.53 bits per heavy atom. The predicted molar refractivity (Wildman–Crippen MR) is 80.5 cm³/mol. The second kappa shape index (κ2) is 6.34. The lowest BCUT2D eigenvalue weighted by Crippen LogP contribution is -1.93. The van der Waals surface area contributed by atoms with Crippen LogP contribution >= 0.6 is 15.9 Å². The smallest absolute Gasteiger partial charge is 0.185 e. The fraction of sp³-hybridized carbons (Fsp3) is 0.0625. The summed E-state index contributed by atoms with van der Waals surface area (Å²) in [5.74, 6) is 0.785. The Morgan fingerprint density at radius 1 is 1.16 bits per heavy atom. The van der Waals surface area contributed by atoms with E-state index < -0.39 is 0 Å². The SMILES string of the molecule is COc1ccc(/C=C/C(=O)c2cccc(Br)c2)cc1. The number of carbonyl (C=O) groups excluding carboxylic acids is 1. The van der Waals surface area contributed by atoms with Gasteiger partial charge < -0.3 is 4.74 Å². The number of ketones is 1. The van der Waals surface area contributed by atoms with E-state index in [1.54, 1.807) is 31.4 Å². The van der Waals surface area contributed by atoms with Gasteiger partial charge in [0.15, 0.2) is 5.78 Å². The average Bonchev–Trinajstić information content (AvgIpc) is 2.45. The van der Waals surface area contributed by atoms with Gasteiger partial charge in [0, 0.05) is 10.0 Å². The van der Waals surface area contributed by atoms with E-state index in [1.807, 2.05) is 36.4 Å². The molecule has 0 radical (unpaired) electrons. The number of allylic oxidation sites excluding steroid dienone is 1. The number of rotatable bonds is 4. The van der Waals surface area contributed by atoms with Crippen molar-refractivity contribution in [3.05, 3.63) is 70.2 Å². The topological polar surface area (TPSA) is 26.3 Å². The molecule has 0 aromatic heterocycles. The summed E-state index contributed by atoms with van der Waals surface area (Å²) in [5.41, 5.74) is 1.63. The first kappa shape index (κ1) is 13.6.